The number of halogens is 1. The average molecular weight is 215 g/mol. The van der Waals surface area contributed by atoms with Crippen LogP contribution >= 0.6 is 0 Å². The molecule has 0 bridgehead atoms. The summed E-state index contributed by atoms with van der Waals surface area (Å²) in [5, 5.41) is 8.34. The molecule has 4 nitrogen and oxygen atoms in total. The molecule has 0 unspecified atom stereocenters. The second kappa shape index (κ2) is 4.07. The summed E-state index contributed by atoms with van der Waals surface area (Å²) in [5.74, 6) is -0.116. The number of nitrogens with zero attached hydrogens (tertiary/aromatic N) is 1. The van der Waals surface area contributed by atoms with Crippen LogP contribution in [0.5, 0.6) is 5.75 Å². The SMILES string of the molecule is N#CCc1ccc(OS(=O)(=O)F)cc1. The fraction of sp³-hybridized carbons (Fsp3) is 0.125. The average Bonchev–Trinajstić information content (AvgIpc) is 2.06. The second-order valence-electron chi connectivity index (χ2n) is 2.46. The third-order valence-corrected chi connectivity index (χ3v) is 1.79. The lowest BCUT2D eigenvalue weighted by atomic mass is 10.2. The molecule has 0 aliphatic rings. The molecule has 14 heavy (non-hydrogen) atoms. The van der Waals surface area contributed by atoms with Gasteiger partial charge in [-0.15, -0.1) is 0 Å². The smallest absolute Gasteiger partial charge is 0.358 e. The summed E-state index contributed by atoms with van der Waals surface area (Å²) in [6.07, 6.45) is 0.211. The van der Waals surface area contributed by atoms with E-state index >= 15 is 0 Å². The van der Waals surface area contributed by atoms with E-state index in [1.54, 1.807) is 0 Å². The maximum absolute atomic E-state index is 12.0. The predicted molar refractivity (Wildman–Crippen MR) is 46.4 cm³/mol. The molecular weight excluding hydrogens is 209 g/mol. The fourth-order valence-electron chi connectivity index (χ4n) is 0.869. The van der Waals surface area contributed by atoms with Gasteiger partial charge in [0.1, 0.15) is 5.75 Å². The van der Waals surface area contributed by atoms with E-state index < -0.39 is 10.5 Å². The van der Waals surface area contributed by atoms with E-state index in [2.05, 4.69) is 4.18 Å². The zero-order chi connectivity index (χ0) is 10.6. The van der Waals surface area contributed by atoms with Crippen molar-refractivity contribution >= 4 is 10.5 Å². The molecule has 0 fully saturated rings. The summed E-state index contributed by atoms with van der Waals surface area (Å²) < 4.78 is 36.1. The van der Waals surface area contributed by atoms with E-state index in [-0.39, 0.29) is 12.2 Å². The molecule has 1 aromatic rings. The minimum atomic E-state index is -4.97. The monoisotopic (exact) mass is 215 g/mol. The molecule has 0 atom stereocenters. The molecule has 0 radical (unpaired) electrons. The lowest BCUT2D eigenvalue weighted by Crippen LogP contribution is -2.00. The molecule has 0 aliphatic heterocycles. The van der Waals surface area contributed by atoms with Crippen LogP contribution in [0.25, 0.3) is 0 Å². The van der Waals surface area contributed by atoms with Crippen LogP contribution < -0.4 is 4.18 Å². The first-order valence-electron chi connectivity index (χ1n) is 3.61. The van der Waals surface area contributed by atoms with Crippen LogP contribution in [0.3, 0.4) is 0 Å². The summed E-state index contributed by atoms with van der Waals surface area (Å²) >= 11 is 0. The summed E-state index contributed by atoms with van der Waals surface area (Å²) in [4.78, 5) is 0. The predicted octanol–water partition coefficient (Wildman–Crippen LogP) is 1.35. The Kier molecular flexibility index (Phi) is 3.04. The van der Waals surface area contributed by atoms with Crippen LogP contribution in [0, 0.1) is 11.3 Å². The normalized spacial score (nSPS) is 10.6. The first-order valence-corrected chi connectivity index (χ1v) is 4.92. The lowest BCUT2D eigenvalue weighted by Gasteiger charge is -1.99. The highest BCUT2D eigenvalue weighted by Crippen LogP contribution is 2.14. The maximum atomic E-state index is 12.0. The highest BCUT2D eigenvalue weighted by molar-refractivity contribution is 7.81. The van der Waals surface area contributed by atoms with Crippen LogP contribution in [0.2, 0.25) is 0 Å². The Morgan fingerprint density at radius 3 is 2.36 bits per heavy atom. The Balaban J connectivity index is 2.80. The first-order chi connectivity index (χ1) is 6.51. The van der Waals surface area contributed by atoms with Crippen molar-refractivity contribution in [1.82, 2.24) is 0 Å². The number of benzene rings is 1. The van der Waals surface area contributed by atoms with Gasteiger partial charge in [-0.1, -0.05) is 16.0 Å². The molecule has 6 heteroatoms. The Hall–Kier alpha value is -1.61. The number of hydrogen-bond acceptors (Lipinski definition) is 4. The van der Waals surface area contributed by atoms with Gasteiger partial charge in [0, 0.05) is 0 Å². The van der Waals surface area contributed by atoms with E-state index in [0.29, 0.717) is 5.56 Å². The Morgan fingerprint density at radius 1 is 1.36 bits per heavy atom. The molecular formula is C8H6FNO3S. The third kappa shape index (κ3) is 3.41. The highest BCUT2D eigenvalue weighted by Gasteiger charge is 2.08. The van der Waals surface area contributed by atoms with Crippen LogP contribution in [-0.4, -0.2) is 8.42 Å². The van der Waals surface area contributed by atoms with Crippen molar-refractivity contribution in [3.63, 3.8) is 0 Å². The molecule has 0 saturated heterocycles. The number of nitriles is 1. The van der Waals surface area contributed by atoms with E-state index in [9.17, 15) is 12.3 Å². The quantitative estimate of drug-likeness (QED) is 0.713. The molecule has 74 valence electrons. The maximum Gasteiger partial charge on any atom is 0.488 e. The molecule has 0 saturated carbocycles. The lowest BCUT2D eigenvalue weighted by molar-refractivity contribution is 0.440. The van der Waals surface area contributed by atoms with Gasteiger partial charge in [-0.05, 0) is 17.7 Å². The summed E-state index contributed by atoms with van der Waals surface area (Å²) in [6.45, 7) is 0. The minimum Gasteiger partial charge on any atom is -0.358 e. The summed E-state index contributed by atoms with van der Waals surface area (Å²) in [6, 6.07) is 7.46. The Bertz CT molecular complexity index is 446. The van der Waals surface area contributed by atoms with E-state index in [1.165, 1.54) is 24.3 Å². The van der Waals surface area contributed by atoms with Gasteiger partial charge < -0.3 is 4.18 Å². The zero-order valence-electron chi connectivity index (χ0n) is 6.97. The standard InChI is InChI=1S/C8H6FNO3S/c9-14(11,12)13-8-3-1-7(2-4-8)5-6-10/h1-4H,5H2. The molecule has 1 aromatic carbocycles. The van der Waals surface area contributed by atoms with Gasteiger partial charge in [0.25, 0.3) is 0 Å². The van der Waals surface area contributed by atoms with Gasteiger partial charge in [0.05, 0.1) is 12.5 Å². The van der Waals surface area contributed by atoms with Crippen molar-refractivity contribution in [3.05, 3.63) is 29.8 Å². The van der Waals surface area contributed by atoms with E-state index in [1.807, 2.05) is 6.07 Å². The molecule has 0 heterocycles. The number of rotatable bonds is 3. The van der Waals surface area contributed by atoms with Crippen LogP contribution in [0.4, 0.5) is 3.89 Å². The van der Waals surface area contributed by atoms with Crippen molar-refractivity contribution in [2.24, 2.45) is 0 Å². The topological polar surface area (TPSA) is 67.2 Å². The van der Waals surface area contributed by atoms with Crippen molar-refractivity contribution in [2.75, 3.05) is 0 Å². The van der Waals surface area contributed by atoms with Crippen molar-refractivity contribution in [1.29, 1.82) is 5.26 Å². The van der Waals surface area contributed by atoms with Gasteiger partial charge in [-0.25, -0.2) is 0 Å². The van der Waals surface area contributed by atoms with Crippen molar-refractivity contribution in [3.8, 4) is 11.8 Å². The van der Waals surface area contributed by atoms with Gasteiger partial charge >= 0.3 is 10.5 Å². The van der Waals surface area contributed by atoms with Crippen molar-refractivity contribution < 1.29 is 16.5 Å². The highest BCUT2D eigenvalue weighted by atomic mass is 32.3. The molecule has 0 spiro atoms. The molecule has 0 N–H and O–H groups in total. The molecule has 1 rings (SSSR count). The largest absolute Gasteiger partial charge is 0.488 e. The molecule has 0 aliphatic carbocycles. The van der Waals surface area contributed by atoms with Crippen LogP contribution in [-0.2, 0) is 16.9 Å². The Morgan fingerprint density at radius 2 is 1.93 bits per heavy atom. The van der Waals surface area contributed by atoms with E-state index in [4.69, 9.17) is 5.26 Å². The zero-order valence-corrected chi connectivity index (χ0v) is 7.79. The first kappa shape index (κ1) is 10.5. The summed E-state index contributed by atoms with van der Waals surface area (Å²) in [7, 11) is -4.97. The fourth-order valence-corrected chi connectivity index (χ4v) is 1.21. The third-order valence-electron chi connectivity index (χ3n) is 1.40. The van der Waals surface area contributed by atoms with Crippen LogP contribution in [0.1, 0.15) is 5.56 Å². The van der Waals surface area contributed by atoms with E-state index in [0.717, 1.165) is 0 Å². The van der Waals surface area contributed by atoms with Gasteiger partial charge in [-0.3, -0.25) is 0 Å². The molecule has 0 amide bonds. The van der Waals surface area contributed by atoms with Crippen LogP contribution in [0.15, 0.2) is 24.3 Å². The number of hydrogen-bond donors (Lipinski definition) is 0. The van der Waals surface area contributed by atoms with Gasteiger partial charge in [-0.2, -0.15) is 13.7 Å². The second-order valence-corrected chi connectivity index (χ2v) is 3.41. The molecule has 0 aromatic heterocycles. The van der Waals surface area contributed by atoms with Crippen molar-refractivity contribution in [2.45, 2.75) is 6.42 Å². The Labute approximate surface area is 81.0 Å². The van der Waals surface area contributed by atoms with Gasteiger partial charge in [0.15, 0.2) is 0 Å². The minimum absolute atomic E-state index is 0.116. The summed E-state index contributed by atoms with van der Waals surface area (Å²) in [5.41, 5.74) is 0.705. The van der Waals surface area contributed by atoms with Gasteiger partial charge in [0.2, 0.25) is 0 Å².